The first kappa shape index (κ1) is 35.7. The summed E-state index contributed by atoms with van der Waals surface area (Å²) in [5.74, 6) is -1.01. The summed E-state index contributed by atoms with van der Waals surface area (Å²) < 4.78 is 80.6. The summed E-state index contributed by atoms with van der Waals surface area (Å²) in [5.41, 5.74) is 1.00. The van der Waals surface area contributed by atoms with E-state index in [2.05, 4.69) is 15.0 Å². The van der Waals surface area contributed by atoms with Crippen molar-refractivity contribution in [2.45, 2.75) is 83.0 Å². The van der Waals surface area contributed by atoms with Gasteiger partial charge in [-0.15, -0.1) is 0 Å². The highest BCUT2D eigenvalue weighted by molar-refractivity contribution is 7.89. The van der Waals surface area contributed by atoms with E-state index in [1.54, 1.807) is 25.1 Å². The van der Waals surface area contributed by atoms with Gasteiger partial charge < -0.3 is 25.0 Å². The minimum absolute atomic E-state index is 0.0912. The van der Waals surface area contributed by atoms with Crippen molar-refractivity contribution in [3.8, 4) is 5.75 Å². The van der Waals surface area contributed by atoms with Crippen LogP contribution in [0.1, 0.15) is 63.0 Å². The third kappa shape index (κ3) is 8.99. The Morgan fingerprint density at radius 3 is 2.63 bits per heavy atom. The average molecular weight is 670 g/mol. The smallest absolute Gasteiger partial charge is 0.397 e. The number of aryl methyl sites for hydroxylation is 2. The highest BCUT2D eigenvalue weighted by Gasteiger charge is 2.47. The molecule has 0 aromatic heterocycles. The van der Waals surface area contributed by atoms with Crippen LogP contribution < -0.4 is 10.1 Å². The van der Waals surface area contributed by atoms with Crippen molar-refractivity contribution in [1.82, 2.24) is 9.62 Å². The van der Waals surface area contributed by atoms with Gasteiger partial charge in [0.15, 0.2) is 5.83 Å². The van der Waals surface area contributed by atoms with Crippen molar-refractivity contribution in [2.24, 2.45) is 4.99 Å². The standard InChI is InChI=1S/C32H42F3N3O7S/c1-3-13-32(34,35)45-28-6-4-5-24(8-10-27(28)33)29-36-30(41)31(37-29)14-16-38(17-15-31)46(42,43)19-12-23-7-9-26(20-22(23)2)44-18-11-25(40)21-39/h5,7-10,20,25,39-40H,3-4,6,11-19,21H2,1-2H3,(H,36,37,41). The second-order valence-electron chi connectivity index (χ2n) is 11.8. The molecule has 3 aliphatic rings. The fourth-order valence-corrected chi connectivity index (χ4v) is 7.01. The molecule has 10 nitrogen and oxygen atoms in total. The molecule has 1 aromatic carbocycles. The molecule has 4 rings (SSSR count). The van der Waals surface area contributed by atoms with Crippen molar-refractivity contribution >= 4 is 21.8 Å². The molecule has 1 fully saturated rings. The zero-order valence-corrected chi connectivity index (χ0v) is 26.9. The summed E-state index contributed by atoms with van der Waals surface area (Å²) in [7, 11) is -3.63. The van der Waals surface area contributed by atoms with Crippen molar-refractivity contribution < 1.29 is 46.1 Å². The van der Waals surface area contributed by atoms with E-state index >= 15 is 0 Å². The van der Waals surface area contributed by atoms with Crippen LogP contribution in [-0.2, 0) is 26.0 Å². The third-order valence-electron chi connectivity index (χ3n) is 8.30. The number of piperidine rings is 1. The van der Waals surface area contributed by atoms with E-state index < -0.39 is 45.8 Å². The van der Waals surface area contributed by atoms with E-state index in [0.717, 1.165) is 17.2 Å². The van der Waals surface area contributed by atoms with Gasteiger partial charge in [0, 0.05) is 31.5 Å². The van der Waals surface area contributed by atoms with Crippen molar-refractivity contribution in [3.05, 3.63) is 64.7 Å². The molecule has 2 heterocycles. The highest BCUT2D eigenvalue weighted by Crippen LogP contribution is 2.34. The second-order valence-corrected chi connectivity index (χ2v) is 13.9. The number of aliphatic hydroxyl groups is 2. The minimum atomic E-state index is -3.63. The molecular formula is C32H42F3N3O7S. The molecule has 0 radical (unpaired) electrons. The van der Waals surface area contributed by atoms with Crippen LogP contribution in [0.2, 0.25) is 0 Å². The van der Waals surface area contributed by atoms with Crippen LogP contribution in [0.15, 0.2) is 58.6 Å². The molecule has 1 spiro atoms. The quantitative estimate of drug-likeness (QED) is 0.270. The summed E-state index contributed by atoms with van der Waals surface area (Å²) in [4.78, 5) is 17.7. The minimum Gasteiger partial charge on any atom is -0.493 e. The van der Waals surface area contributed by atoms with Gasteiger partial charge >= 0.3 is 6.11 Å². The summed E-state index contributed by atoms with van der Waals surface area (Å²) in [6, 6.07) is 5.35. The van der Waals surface area contributed by atoms with E-state index in [4.69, 9.17) is 9.84 Å². The van der Waals surface area contributed by atoms with Crippen LogP contribution in [0.4, 0.5) is 13.2 Å². The molecule has 1 amide bonds. The number of carbonyl (C=O) groups excluding carboxylic acids is 1. The maximum absolute atomic E-state index is 14.7. The van der Waals surface area contributed by atoms with Crippen LogP contribution >= 0.6 is 0 Å². The molecule has 14 heteroatoms. The van der Waals surface area contributed by atoms with Gasteiger partial charge in [0.25, 0.3) is 5.91 Å². The van der Waals surface area contributed by atoms with Crippen LogP contribution in [-0.4, -0.2) is 84.5 Å². The Balaban J connectivity index is 1.34. The van der Waals surface area contributed by atoms with E-state index in [0.29, 0.717) is 11.3 Å². The second kappa shape index (κ2) is 15.1. The first-order valence-electron chi connectivity index (χ1n) is 15.5. The van der Waals surface area contributed by atoms with Gasteiger partial charge in [-0.2, -0.15) is 8.78 Å². The van der Waals surface area contributed by atoms with E-state index in [-0.39, 0.29) is 88.7 Å². The van der Waals surface area contributed by atoms with Gasteiger partial charge in [0.05, 0.1) is 31.5 Å². The summed E-state index contributed by atoms with van der Waals surface area (Å²) in [6.45, 7) is 3.56. The monoisotopic (exact) mass is 669 g/mol. The number of benzene rings is 1. The van der Waals surface area contributed by atoms with Crippen molar-refractivity contribution in [1.29, 1.82) is 0 Å². The number of allylic oxidation sites excluding steroid dienone is 4. The highest BCUT2D eigenvalue weighted by atomic mass is 32.2. The number of alkyl halides is 2. The number of amides is 1. The number of ether oxygens (including phenoxy) is 2. The van der Waals surface area contributed by atoms with Crippen molar-refractivity contribution in [3.63, 3.8) is 0 Å². The zero-order chi connectivity index (χ0) is 33.5. The Hall–Kier alpha value is -3.20. The van der Waals surface area contributed by atoms with Crippen LogP contribution in [0.3, 0.4) is 0 Å². The summed E-state index contributed by atoms with van der Waals surface area (Å²) >= 11 is 0. The van der Waals surface area contributed by atoms with Gasteiger partial charge in [-0.1, -0.05) is 19.1 Å². The van der Waals surface area contributed by atoms with Gasteiger partial charge in [0.1, 0.15) is 22.9 Å². The number of aliphatic hydroxyl groups excluding tert-OH is 2. The molecule has 0 saturated carbocycles. The normalized spacial score (nSPS) is 19.8. The number of carbonyl (C=O) groups is 1. The number of hydrogen-bond acceptors (Lipinski definition) is 8. The predicted octanol–water partition coefficient (Wildman–Crippen LogP) is 4.22. The van der Waals surface area contributed by atoms with Crippen molar-refractivity contribution in [2.75, 3.05) is 32.1 Å². The van der Waals surface area contributed by atoms with Crippen LogP contribution in [0.5, 0.6) is 5.75 Å². The predicted molar refractivity (Wildman–Crippen MR) is 167 cm³/mol. The average Bonchev–Trinajstić information content (AvgIpc) is 3.31. The number of aliphatic imine (C=N–C) groups is 1. The maximum atomic E-state index is 14.7. The SMILES string of the molecule is CCCC(F)(F)OC1=C(F)C=CC(C2=NC3(CCN(S(=O)(=O)CCc4ccc(OCCC(O)CO)cc4C)CC3)C(=O)N2)=CCC1. The fourth-order valence-electron chi connectivity index (χ4n) is 5.54. The molecule has 254 valence electrons. The molecule has 1 saturated heterocycles. The molecule has 2 aliphatic heterocycles. The molecule has 0 bridgehead atoms. The Bertz CT molecular complexity index is 1500. The molecular weight excluding hydrogens is 627 g/mol. The van der Waals surface area contributed by atoms with Gasteiger partial charge in [-0.25, -0.2) is 17.1 Å². The van der Waals surface area contributed by atoms with Gasteiger partial charge in [0.2, 0.25) is 10.0 Å². The summed E-state index contributed by atoms with van der Waals surface area (Å²) in [5, 5.41) is 21.1. The summed E-state index contributed by atoms with van der Waals surface area (Å²) in [6.07, 6.45) is 0.406. The fraction of sp³-hybridized carbons (Fsp3) is 0.562. The lowest BCUT2D eigenvalue weighted by Crippen LogP contribution is -2.50. The first-order valence-corrected chi connectivity index (χ1v) is 17.1. The van der Waals surface area contributed by atoms with E-state index in [9.17, 15) is 31.5 Å². The van der Waals surface area contributed by atoms with Crippen LogP contribution in [0.25, 0.3) is 0 Å². The lowest BCUT2D eigenvalue weighted by molar-refractivity contribution is -0.220. The van der Waals surface area contributed by atoms with Gasteiger partial charge in [-0.05, 0) is 74.4 Å². The molecule has 1 atom stereocenters. The van der Waals surface area contributed by atoms with E-state index in [1.807, 2.05) is 13.0 Å². The maximum Gasteiger partial charge on any atom is 0.397 e. The molecule has 1 aliphatic carbocycles. The number of nitrogens with one attached hydrogen (secondary N) is 1. The molecule has 46 heavy (non-hydrogen) atoms. The number of halogens is 3. The lowest BCUT2D eigenvalue weighted by Gasteiger charge is -2.34. The number of hydrogen-bond donors (Lipinski definition) is 3. The largest absolute Gasteiger partial charge is 0.493 e. The zero-order valence-electron chi connectivity index (χ0n) is 26.1. The Labute approximate surface area is 267 Å². The Kier molecular flexibility index (Phi) is 11.7. The number of sulfonamides is 1. The molecule has 3 N–H and O–H groups in total. The number of amidine groups is 1. The van der Waals surface area contributed by atoms with E-state index in [1.165, 1.54) is 10.4 Å². The van der Waals surface area contributed by atoms with Gasteiger partial charge in [-0.3, -0.25) is 9.79 Å². The number of rotatable bonds is 14. The first-order chi connectivity index (χ1) is 21.8. The molecule has 1 aromatic rings. The Morgan fingerprint density at radius 1 is 1.22 bits per heavy atom. The number of nitrogens with zero attached hydrogens (tertiary/aromatic N) is 2. The van der Waals surface area contributed by atoms with Crippen LogP contribution in [0, 0.1) is 6.92 Å². The third-order valence-corrected chi connectivity index (χ3v) is 10.2. The lowest BCUT2D eigenvalue weighted by atomic mass is 9.89. The molecule has 1 unspecified atom stereocenters. The Morgan fingerprint density at radius 2 is 1.96 bits per heavy atom. The topological polar surface area (TPSA) is 138 Å².